The second-order valence-corrected chi connectivity index (χ2v) is 7.70. The Morgan fingerprint density at radius 3 is 2.50 bits per heavy atom. The van der Waals surface area contributed by atoms with Gasteiger partial charge < -0.3 is 10.4 Å². The first kappa shape index (κ1) is 19.5. The molecule has 1 heterocycles. The average Bonchev–Trinajstić information content (AvgIpc) is 3.30. The van der Waals surface area contributed by atoms with E-state index in [9.17, 15) is 13.2 Å². The predicted octanol–water partition coefficient (Wildman–Crippen LogP) is 1.89. The number of nitrogens with zero attached hydrogens (tertiary/aromatic N) is 1. The molecule has 1 aromatic carbocycles. The van der Waals surface area contributed by atoms with E-state index in [-0.39, 0.29) is 22.8 Å². The van der Waals surface area contributed by atoms with E-state index < -0.39 is 10.0 Å². The Labute approximate surface area is 151 Å². The zero-order chi connectivity index (χ0) is 19.4. The lowest BCUT2D eigenvalue weighted by molar-refractivity contribution is -0.122. The molecule has 3 rings (SSSR count). The number of hydrogen-bond acceptors (Lipinski definition) is 5. The van der Waals surface area contributed by atoms with Gasteiger partial charge in [0.1, 0.15) is 5.82 Å². The first-order chi connectivity index (χ1) is 12.2. The van der Waals surface area contributed by atoms with Crippen molar-refractivity contribution in [2.45, 2.75) is 30.2 Å². The molecule has 0 unspecified atom stereocenters. The number of carbonyl (C=O) groups is 2. The highest BCUT2D eigenvalue weighted by Gasteiger charge is 2.41. The van der Waals surface area contributed by atoms with Crippen LogP contribution in [0, 0.1) is 0 Å². The topological polar surface area (TPSA) is 125 Å². The van der Waals surface area contributed by atoms with Gasteiger partial charge in [-0.3, -0.25) is 9.59 Å². The number of hydrogen-bond donors (Lipinski definition) is 3. The summed E-state index contributed by atoms with van der Waals surface area (Å²) < 4.78 is 27.5. The summed E-state index contributed by atoms with van der Waals surface area (Å²) in [6.45, 7) is 5.01. The van der Waals surface area contributed by atoms with E-state index in [1.54, 1.807) is 24.3 Å². The summed E-state index contributed by atoms with van der Waals surface area (Å²) in [6, 6.07) is 8.19. The smallest absolute Gasteiger partial charge is 0.290 e. The second-order valence-electron chi connectivity index (χ2n) is 6.02. The van der Waals surface area contributed by atoms with Crippen LogP contribution < -0.4 is 10.0 Å². The van der Waals surface area contributed by atoms with E-state index >= 15 is 0 Å². The molecule has 9 heteroatoms. The van der Waals surface area contributed by atoms with Crippen molar-refractivity contribution in [3.05, 3.63) is 43.0 Å². The van der Waals surface area contributed by atoms with Crippen molar-refractivity contribution in [1.29, 1.82) is 0 Å². The molecule has 0 bridgehead atoms. The summed E-state index contributed by atoms with van der Waals surface area (Å²) in [4.78, 5) is 24.1. The van der Waals surface area contributed by atoms with Crippen LogP contribution in [0.15, 0.2) is 47.9 Å². The lowest BCUT2D eigenvalue weighted by Gasteiger charge is -2.12. The highest BCUT2D eigenvalue weighted by Crippen LogP contribution is 2.36. The van der Waals surface area contributed by atoms with Crippen molar-refractivity contribution in [3.63, 3.8) is 0 Å². The molecule has 0 radical (unpaired) electrons. The Morgan fingerprint density at radius 2 is 1.92 bits per heavy atom. The number of carboxylic acid groups (broad SMARTS) is 1. The molecule has 1 fully saturated rings. The van der Waals surface area contributed by atoms with Gasteiger partial charge in [-0.25, -0.2) is 18.1 Å². The molecular weight excluding hydrogens is 358 g/mol. The van der Waals surface area contributed by atoms with Crippen LogP contribution in [0.3, 0.4) is 0 Å². The number of aromatic nitrogens is 1. The summed E-state index contributed by atoms with van der Waals surface area (Å²) in [7, 11) is -3.58. The monoisotopic (exact) mass is 377 g/mol. The van der Waals surface area contributed by atoms with Crippen LogP contribution >= 0.6 is 0 Å². The van der Waals surface area contributed by atoms with Crippen molar-refractivity contribution in [2.24, 2.45) is 0 Å². The number of nitrogens with one attached hydrogen (secondary N) is 2. The van der Waals surface area contributed by atoms with Gasteiger partial charge in [0, 0.05) is 10.9 Å². The average molecular weight is 377 g/mol. The van der Waals surface area contributed by atoms with E-state index in [2.05, 4.69) is 21.6 Å². The van der Waals surface area contributed by atoms with E-state index in [0.29, 0.717) is 11.3 Å². The predicted molar refractivity (Wildman–Crippen MR) is 97.2 cm³/mol. The van der Waals surface area contributed by atoms with Crippen molar-refractivity contribution in [1.82, 2.24) is 9.71 Å². The minimum Gasteiger partial charge on any atom is -0.483 e. The van der Waals surface area contributed by atoms with Crippen LogP contribution in [-0.4, -0.2) is 36.4 Å². The summed E-state index contributed by atoms with van der Waals surface area (Å²) in [5.41, 5.74) is 0.164. The van der Waals surface area contributed by atoms with Crippen molar-refractivity contribution in [2.75, 3.05) is 5.32 Å². The lowest BCUT2D eigenvalue weighted by Crippen LogP contribution is -2.34. The SMILES string of the molecule is C=CC(=O)Nc1ccc2ccc(S(=O)(=O)NC3(C)CC3)cc2n1.O=CO. The molecule has 0 spiro atoms. The van der Waals surface area contributed by atoms with Crippen LogP contribution in [0.5, 0.6) is 0 Å². The first-order valence-electron chi connectivity index (χ1n) is 7.69. The van der Waals surface area contributed by atoms with Gasteiger partial charge >= 0.3 is 0 Å². The van der Waals surface area contributed by atoms with Crippen molar-refractivity contribution in [3.8, 4) is 0 Å². The fourth-order valence-electron chi connectivity index (χ4n) is 2.18. The second kappa shape index (κ2) is 7.63. The first-order valence-corrected chi connectivity index (χ1v) is 9.17. The Balaban J connectivity index is 0.000000758. The molecule has 1 aromatic heterocycles. The number of sulfonamides is 1. The van der Waals surface area contributed by atoms with Crippen LogP contribution in [-0.2, 0) is 19.6 Å². The third-order valence-corrected chi connectivity index (χ3v) is 5.43. The number of carbonyl (C=O) groups excluding carboxylic acids is 1. The maximum atomic E-state index is 12.4. The Bertz CT molecular complexity index is 952. The normalized spacial score (nSPS) is 14.7. The number of fused-ring (bicyclic) bond motifs is 1. The molecule has 0 saturated heterocycles. The highest BCUT2D eigenvalue weighted by molar-refractivity contribution is 7.89. The summed E-state index contributed by atoms with van der Waals surface area (Å²) in [5, 5.41) is 10.2. The number of benzene rings is 1. The molecule has 2 aromatic rings. The van der Waals surface area contributed by atoms with Gasteiger partial charge in [0.25, 0.3) is 6.47 Å². The minimum atomic E-state index is -3.58. The summed E-state index contributed by atoms with van der Waals surface area (Å²) >= 11 is 0. The number of anilines is 1. The maximum Gasteiger partial charge on any atom is 0.290 e. The van der Waals surface area contributed by atoms with E-state index in [0.717, 1.165) is 24.3 Å². The fraction of sp³-hybridized carbons (Fsp3) is 0.235. The van der Waals surface area contributed by atoms with Gasteiger partial charge in [-0.1, -0.05) is 12.6 Å². The third-order valence-electron chi connectivity index (χ3n) is 3.79. The van der Waals surface area contributed by atoms with Crippen LogP contribution in [0.1, 0.15) is 19.8 Å². The standard InChI is InChI=1S/C16H17N3O3S.CH2O2/c1-3-15(20)18-14-7-5-11-4-6-12(10-13(11)17-14)23(21,22)19-16(2)8-9-16;2-1-3/h3-7,10,19H,1,8-9H2,2H3,(H,17,18,20);1H,(H,2,3). The molecular formula is C17H19N3O5S. The number of rotatable bonds is 5. The van der Waals surface area contributed by atoms with Gasteiger partial charge in [-0.2, -0.15) is 0 Å². The van der Waals surface area contributed by atoms with Gasteiger partial charge in [0.2, 0.25) is 15.9 Å². The minimum absolute atomic E-state index is 0.165. The van der Waals surface area contributed by atoms with E-state index in [4.69, 9.17) is 9.90 Å². The Morgan fingerprint density at radius 1 is 1.31 bits per heavy atom. The molecule has 1 saturated carbocycles. The quantitative estimate of drug-likeness (QED) is 0.540. The molecule has 1 aliphatic carbocycles. The Hall–Kier alpha value is -2.78. The van der Waals surface area contributed by atoms with Crippen molar-refractivity contribution < 1.29 is 23.1 Å². The van der Waals surface area contributed by atoms with E-state index in [1.165, 1.54) is 6.07 Å². The summed E-state index contributed by atoms with van der Waals surface area (Å²) in [6.07, 6.45) is 2.83. The molecule has 1 amide bonds. The maximum absolute atomic E-state index is 12.4. The molecule has 8 nitrogen and oxygen atoms in total. The van der Waals surface area contributed by atoms with Gasteiger partial charge in [-0.05, 0) is 50.1 Å². The fourth-order valence-corrected chi connectivity index (χ4v) is 3.67. The highest BCUT2D eigenvalue weighted by atomic mass is 32.2. The molecule has 26 heavy (non-hydrogen) atoms. The zero-order valence-electron chi connectivity index (χ0n) is 14.1. The lowest BCUT2D eigenvalue weighted by atomic mass is 10.2. The van der Waals surface area contributed by atoms with Gasteiger partial charge in [-0.15, -0.1) is 0 Å². The third kappa shape index (κ3) is 4.87. The van der Waals surface area contributed by atoms with Gasteiger partial charge in [0.05, 0.1) is 10.4 Å². The van der Waals surface area contributed by atoms with E-state index in [1.807, 2.05) is 6.92 Å². The van der Waals surface area contributed by atoms with Crippen LogP contribution in [0.25, 0.3) is 10.9 Å². The summed E-state index contributed by atoms with van der Waals surface area (Å²) in [5.74, 6) is -0.0250. The van der Waals surface area contributed by atoms with Crippen LogP contribution in [0.2, 0.25) is 0 Å². The largest absolute Gasteiger partial charge is 0.483 e. The van der Waals surface area contributed by atoms with Gasteiger partial charge in [0.15, 0.2) is 0 Å². The molecule has 0 aliphatic heterocycles. The molecule has 1 aliphatic rings. The zero-order valence-corrected chi connectivity index (χ0v) is 14.9. The molecule has 3 N–H and O–H groups in total. The van der Waals surface area contributed by atoms with Crippen molar-refractivity contribution >= 4 is 39.1 Å². The molecule has 0 atom stereocenters. The Kier molecular flexibility index (Phi) is 5.73. The number of amides is 1. The molecule has 138 valence electrons. The number of pyridine rings is 1. The van der Waals surface area contributed by atoms with Crippen LogP contribution in [0.4, 0.5) is 5.82 Å².